The number of alkyl halides is 2. The van der Waals surface area contributed by atoms with E-state index in [1.54, 1.807) is 6.07 Å². The summed E-state index contributed by atoms with van der Waals surface area (Å²) in [6.45, 7) is 1.44. The van der Waals surface area contributed by atoms with E-state index < -0.39 is 24.2 Å². The van der Waals surface area contributed by atoms with Gasteiger partial charge in [0.15, 0.2) is 0 Å². The van der Waals surface area contributed by atoms with Crippen LogP contribution in [0.3, 0.4) is 0 Å². The summed E-state index contributed by atoms with van der Waals surface area (Å²) in [5, 5.41) is 2.01. The Hall–Kier alpha value is -1.52. The minimum Gasteiger partial charge on any atom is -0.345 e. The van der Waals surface area contributed by atoms with Crippen LogP contribution in [0.25, 0.3) is 0 Å². The maximum Gasteiger partial charge on any atom is 0.315 e. The van der Waals surface area contributed by atoms with Crippen LogP contribution in [0.15, 0.2) is 24.3 Å². The Labute approximate surface area is 85.1 Å². The fraction of sp³-hybridized carbons (Fsp3) is 0.300. The van der Waals surface area contributed by atoms with E-state index >= 15 is 0 Å². The molecular weight excluding hydrogens is 207 g/mol. The predicted molar refractivity (Wildman–Crippen MR) is 49.0 cm³/mol. The smallest absolute Gasteiger partial charge is 0.315 e. The van der Waals surface area contributed by atoms with E-state index in [-0.39, 0.29) is 5.56 Å². The highest BCUT2D eigenvalue weighted by atomic mass is 19.3. The third kappa shape index (κ3) is 2.97. The molecule has 0 spiro atoms. The third-order valence-corrected chi connectivity index (χ3v) is 1.93. The average Bonchev–Trinajstić information content (AvgIpc) is 2.18. The zero-order valence-electron chi connectivity index (χ0n) is 8.01. The van der Waals surface area contributed by atoms with Gasteiger partial charge in [0.2, 0.25) is 0 Å². The van der Waals surface area contributed by atoms with Gasteiger partial charge in [-0.15, -0.1) is 0 Å². The maximum absolute atomic E-state index is 13.2. The molecule has 1 rings (SSSR count). The number of carbonyl (C=O) groups excluding carboxylic acids is 1. The SMILES string of the molecule is CC(NC(=O)C(F)F)c1ccccc1F. The van der Waals surface area contributed by atoms with Crippen LogP contribution in [0.1, 0.15) is 18.5 Å². The Morgan fingerprint density at radius 1 is 1.33 bits per heavy atom. The first-order chi connectivity index (χ1) is 7.02. The van der Waals surface area contributed by atoms with Crippen molar-refractivity contribution in [3.63, 3.8) is 0 Å². The van der Waals surface area contributed by atoms with Crippen LogP contribution in [0.4, 0.5) is 13.2 Å². The largest absolute Gasteiger partial charge is 0.345 e. The van der Waals surface area contributed by atoms with Gasteiger partial charge in [-0.25, -0.2) is 4.39 Å². The van der Waals surface area contributed by atoms with Crippen molar-refractivity contribution in [1.29, 1.82) is 0 Å². The van der Waals surface area contributed by atoms with Gasteiger partial charge >= 0.3 is 6.43 Å². The molecule has 0 saturated carbocycles. The summed E-state index contributed by atoms with van der Waals surface area (Å²) in [7, 11) is 0. The monoisotopic (exact) mass is 217 g/mol. The molecule has 0 fully saturated rings. The van der Waals surface area contributed by atoms with Crippen LogP contribution in [0, 0.1) is 5.82 Å². The van der Waals surface area contributed by atoms with Gasteiger partial charge in [-0.2, -0.15) is 8.78 Å². The zero-order valence-corrected chi connectivity index (χ0v) is 8.01. The first-order valence-electron chi connectivity index (χ1n) is 4.35. The van der Waals surface area contributed by atoms with Crippen molar-refractivity contribution in [3.8, 4) is 0 Å². The van der Waals surface area contributed by atoms with Crippen molar-refractivity contribution in [3.05, 3.63) is 35.6 Å². The molecule has 1 N–H and O–H groups in total. The van der Waals surface area contributed by atoms with Crippen molar-refractivity contribution in [2.45, 2.75) is 19.4 Å². The first-order valence-corrected chi connectivity index (χ1v) is 4.35. The Morgan fingerprint density at radius 3 is 2.47 bits per heavy atom. The molecule has 5 heteroatoms. The normalized spacial score (nSPS) is 12.6. The van der Waals surface area contributed by atoms with Gasteiger partial charge in [-0.3, -0.25) is 4.79 Å². The summed E-state index contributed by atoms with van der Waals surface area (Å²) < 4.78 is 37.0. The lowest BCUT2D eigenvalue weighted by molar-refractivity contribution is -0.132. The number of rotatable bonds is 3. The molecule has 1 amide bonds. The van der Waals surface area contributed by atoms with Gasteiger partial charge in [0.05, 0.1) is 6.04 Å². The van der Waals surface area contributed by atoms with Gasteiger partial charge in [0.1, 0.15) is 5.82 Å². The number of nitrogens with one attached hydrogen (secondary N) is 1. The number of halogens is 3. The van der Waals surface area contributed by atoms with Gasteiger partial charge in [0, 0.05) is 5.56 Å². The highest BCUT2D eigenvalue weighted by molar-refractivity contribution is 5.79. The molecular formula is C10H10F3NO. The van der Waals surface area contributed by atoms with Crippen LogP contribution in [-0.4, -0.2) is 12.3 Å². The van der Waals surface area contributed by atoms with E-state index in [4.69, 9.17) is 0 Å². The van der Waals surface area contributed by atoms with Crippen LogP contribution >= 0.6 is 0 Å². The number of benzene rings is 1. The molecule has 82 valence electrons. The van der Waals surface area contributed by atoms with Crippen LogP contribution in [-0.2, 0) is 4.79 Å². The van der Waals surface area contributed by atoms with E-state index in [0.717, 1.165) is 0 Å². The van der Waals surface area contributed by atoms with Crippen molar-refractivity contribution < 1.29 is 18.0 Å². The Bertz CT molecular complexity index is 354. The van der Waals surface area contributed by atoms with Crippen molar-refractivity contribution in [2.24, 2.45) is 0 Å². The molecule has 1 aromatic carbocycles. The van der Waals surface area contributed by atoms with Gasteiger partial charge < -0.3 is 5.32 Å². The minimum absolute atomic E-state index is 0.187. The lowest BCUT2D eigenvalue weighted by Crippen LogP contribution is -2.32. The first kappa shape index (κ1) is 11.6. The molecule has 1 aromatic rings. The standard InChI is InChI=1S/C10H10F3NO/c1-6(14-10(15)9(12)13)7-4-2-3-5-8(7)11/h2-6,9H,1H3,(H,14,15). The zero-order chi connectivity index (χ0) is 11.4. The molecule has 0 heterocycles. The molecule has 0 bridgehead atoms. The maximum atomic E-state index is 13.2. The molecule has 0 aromatic heterocycles. The number of hydrogen-bond acceptors (Lipinski definition) is 1. The number of hydrogen-bond donors (Lipinski definition) is 1. The van der Waals surface area contributed by atoms with Crippen LogP contribution < -0.4 is 5.32 Å². The highest BCUT2D eigenvalue weighted by Crippen LogP contribution is 2.16. The fourth-order valence-electron chi connectivity index (χ4n) is 1.18. The molecule has 1 atom stereocenters. The van der Waals surface area contributed by atoms with Crippen molar-refractivity contribution in [2.75, 3.05) is 0 Å². The summed E-state index contributed by atoms with van der Waals surface area (Å²) in [6, 6.07) is 4.93. The second kappa shape index (κ2) is 4.82. The van der Waals surface area contributed by atoms with Crippen LogP contribution in [0.5, 0.6) is 0 Å². The fourth-order valence-corrected chi connectivity index (χ4v) is 1.18. The second-order valence-electron chi connectivity index (χ2n) is 3.05. The Morgan fingerprint density at radius 2 is 1.93 bits per heavy atom. The van der Waals surface area contributed by atoms with E-state index in [1.807, 2.05) is 5.32 Å². The predicted octanol–water partition coefficient (Wildman–Crippen LogP) is 2.27. The minimum atomic E-state index is -3.08. The van der Waals surface area contributed by atoms with Gasteiger partial charge in [-0.1, -0.05) is 18.2 Å². The Balaban J connectivity index is 2.73. The highest BCUT2D eigenvalue weighted by Gasteiger charge is 2.19. The van der Waals surface area contributed by atoms with Crippen LogP contribution in [0.2, 0.25) is 0 Å². The average molecular weight is 217 g/mol. The quantitative estimate of drug-likeness (QED) is 0.826. The molecule has 1 unspecified atom stereocenters. The summed E-state index contributed by atoms with van der Waals surface area (Å²) in [5.41, 5.74) is 0.187. The summed E-state index contributed by atoms with van der Waals surface area (Å²) >= 11 is 0. The molecule has 15 heavy (non-hydrogen) atoms. The molecule has 0 saturated heterocycles. The van der Waals surface area contributed by atoms with Crippen molar-refractivity contribution in [1.82, 2.24) is 5.32 Å². The Kier molecular flexibility index (Phi) is 3.71. The van der Waals surface area contributed by atoms with Gasteiger partial charge in [-0.05, 0) is 13.0 Å². The van der Waals surface area contributed by atoms with E-state index in [1.165, 1.54) is 25.1 Å². The lowest BCUT2D eigenvalue weighted by Gasteiger charge is -2.14. The van der Waals surface area contributed by atoms with E-state index in [0.29, 0.717) is 0 Å². The lowest BCUT2D eigenvalue weighted by atomic mass is 10.1. The topological polar surface area (TPSA) is 29.1 Å². The molecule has 0 aliphatic rings. The summed E-state index contributed by atoms with van der Waals surface area (Å²) in [4.78, 5) is 10.7. The van der Waals surface area contributed by atoms with Crippen molar-refractivity contribution >= 4 is 5.91 Å². The molecule has 0 aliphatic carbocycles. The molecule has 2 nitrogen and oxygen atoms in total. The summed E-state index contributed by atoms with van der Waals surface area (Å²) in [5.74, 6) is -1.93. The second-order valence-corrected chi connectivity index (χ2v) is 3.05. The third-order valence-electron chi connectivity index (χ3n) is 1.93. The number of amides is 1. The van der Waals surface area contributed by atoms with E-state index in [2.05, 4.69) is 0 Å². The molecule has 0 radical (unpaired) electrons. The molecule has 0 aliphatic heterocycles. The van der Waals surface area contributed by atoms with Gasteiger partial charge in [0.25, 0.3) is 5.91 Å². The summed E-state index contributed by atoms with van der Waals surface area (Å²) in [6.07, 6.45) is -3.08. The number of carbonyl (C=O) groups is 1. The van der Waals surface area contributed by atoms with E-state index in [9.17, 15) is 18.0 Å².